The fourth-order valence-electron chi connectivity index (χ4n) is 1.06. The molecule has 0 amide bonds. The van der Waals surface area contributed by atoms with Gasteiger partial charge in [-0.3, -0.25) is 0 Å². The minimum absolute atomic E-state index is 1.10. The van der Waals surface area contributed by atoms with Crippen LogP contribution in [0.3, 0.4) is 0 Å². The van der Waals surface area contributed by atoms with Crippen LogP contribution in [0.1, 0.15) is 19.8 Å². The van der Waals surface area contributed by atoms with Crippen molar-refractivity contribution in [2.45, 2.75) is 26.3 Å². The molecule has 0 aliphatic rings. The van der Waals surface area contributed by atoms with Gasteiger partial charge in [-0.15, -0.1) is 0 Å². The highest BCUT2D eigenvalue weighted by Gasteiger charge is 1.97. The molecule has 0 aromatic carbocycles. The van der Waals surface area contributed by atoms with Gasteiger partial charge in [0, 0.05) is 0 Å². The van der Waals surface area contributed by atoms with Gasteiger partial charge in [-0.25, -0.2) is 9.13 Å². The molecule has 0 bridgehead atoms. The summed E-state index contributed by atoms with van der Waals surface area (Å²) in [4.78, 5) is 0. The first kappa shape index (κ1) is 14.7. The minimum atomic E-state index is -1.10. The average molecular weight is 230 g/mol. The Morgan fingerprint density at radius 1 is 1.24 bits per heavy atom. The maximum atomic E-state index is 7.83. The lowest BCUT2D eigenvalue weighted by Gasteiger charge is -1.90. The second kappa shape index (κ2) is 8.95. The van der Waals surface area contributed by atoms with Gasteiger partial charge in [0.1, 0.15) is 12.4 Å². The van der Waals surface area contributed by atoms with Gasteiger partial charge in [-0.1, -0.05) is 13.3 Å². The Bertz CT molecular complexity index is 407. The number of aryl methyl sites for hydroxylation is 2. The van der Waals surface area contributed by atoms with Gasteiger partial charge < -0.3 is 0 Å². The molecule has 0 N–H and O–H groups in total. The molecule has 0 atom stereocenters. The normalized spacial score (nSPS) is 8.47. The summed E-state index contributed by atoms with van der Waals surface area (Å²) in [5, 5.41) is 23.5. The molecule has 1 aromatic rings. The molecule has 5 heteroatoms. The summed E-state index contributed by atoms with van der Waals surface area (Å²) in [6.07, 6.45) is 8.82. The van der Waals surface area contributed by atoms with Crippen LogP contribution in [0.5, 0.6) is 0 Å². The smallest absolute Gasteiger partial charge is 0.240 e. The maximum absolute atomic E-state index is 7.83. The molecule has 0 unspecified atom stereocenters. The van der Waals surface area contributed by atoms with E-state index in [1.807, 2.05) is 7.05 Å². The van der Waals surface area contributed by atoms with Crippen LogP contribution < -0.4 is 4.57 Å². The van der Waals surface area contributed by atoms with Crippen molar-refractivity contribution < 1.29 is 4.57 Å². The molecule has 0 aliphatic heterocycles. The Morgan fingerprint density at radius 2 is 1.82 bits per heavy atom. The quantitative estimate of drug-likeness (QED) is 0.734. The van der Waals surface area contributed by atoms with E-state index in [-0.39, 0.29) is 0 Å². The van der Waals surface area contributed by atoms with E-state index in [0.29, 0.717) is 0 Å². The summed E-state index contributed by atoms with van der Waals surface area (Å²) in [5.41, 5.74) is 0. The lowest BCUT2D eigenvalue weighted by Crippen LogP contribution is -2.23. The lowest BCUT2D eigenvalue weighted by molar-refractivity contribution is -0.671. The van der Waals surface area contributed by atoms with Crippen LogP contribution >= 0.6 is 0 Å². The predicted octanol–water partition coefficient (Wildman–Crippen LogP) is 1.29. The standard InChI is InChI=1S/C8H15N2.C4HN3/c1-3-4-5-10-7-6-9(2)8-10;5-1-4(2-6)3-7/h6-8H,3-5H2,1-2H3;4H/q+1;. The summed E-state index contributed by atoms with van der Waals surface area (Å²) in [6, 6.07) is 4.44. The second-order valence-electron chi connectivity index (χ2n) is 3.49. The maximum Gasteiger partial charge on any atom is 0.243 e. The second-order valence-corrected chi connectivity index (χ2v) is 3.49. The molecule has 0 fully saturated rings. The first-order chi connectivity index (χ1) is 8.17. The van der Waals surface area contributed by atoms with E-state index in [1.165, 1.54) is 31.0 Å². The number of hydrogen-bond acceptors (Lipinski definition) is 3. The molecule has 1 heterocycles. The Hall–Kier alpha value is -2.32. The Balaban J connectivity index is 0.000000325. The van der Waals surface area contributed by atoms with Gasteiger partial charge in [-0.05, 0) is 6.42 Å². The topological polar surface area (TPSA) is 80.2 Å². The molecule has 0 saturated carbocycles. The summed E-state index contributed by atoms with van der Waals surface area (Å²) < 4.78 is 4.28. The van der Waals surface area contributed by atoms with Crippen LogP contribution in [0.15, 0.2) is 18.7 Å². The average Bonchev–Trinajstić information content (AvgIpc) is 2.76. The van der Waals surface area contributed by atoms with Crippen molar-refractivity contribution in [3.8, 4) is 18.2 Å². The Kier molecular flexibility index (Phi) is 7.73. The third-order valence-corrected chi connectivity index (χ3v) is 1.98. The van der Waals surface area contributed by atoms with E-state index in [4.69, 9.17) is 15.8 Å². The van der Waals surface area contributed by atoms with Crippen LogP contribution in [0.4, 0.5) is 0 Å². The fourth-order valence-corrected chi connectivity index (χ4v) is 1.06. The third kappa shape index (κ3) is 6.71. The first-order valence-corrected chi connectivity index (χ1v) is 5.37. The van der Waals surface area contributed by atoms with Gasteiger partial charge in [0.15, 0.2) is 0 Å². The van der Waals surface area contributed by atoms with Crippen molar-refractivity contribution in [1.29, 1.82) is 15.8 Å². The third-order valence-electron chi connectivity index (χ3n) is 1.98. The van der Waals surface area contributed by atoms with Crippen molar-refractivity contribution in [1.82, 2.24) is 4.57 Å². The van der Waals surface area contributed by atoms with Gasteiger partial charge in [0.05, 0.1) is 31.8 Å². The van der Waals surface area contributed by atoms with Gasteiger partial charge in [-0.2, -0.15) is 15.8 Å². The molecular formula is C12H16N5+. The number of nitriles is 3. The van der Waals surface area contributed by atoms with Crippen molar-refractivity contribution in [2.75, 3.05) is 0 Å². The van der Waals surface area contributed by atoms with Crippen LogP contribution in [-0.4, -0.2) is 4.57 Å². The number of imidazole rings is 1. The largest absolute Gasteiger partial charge is 0.243 e. The zero-order chi connectivity index (χ0) is 13.1. The Labute approximate surface area is 102 Å². The molecule has 0 spiro atoms. The highest BCUT2D eigenvalue weighted by molar-refractivity contribution is 5.11. The van der Waals surface area contributed by atoms with Gasteiger partial charge >= 0.3 is 0 Å². The zero-order valence-electron chi connectivity index (χ0n) is 10.2. The first-order valence-electron chi connectivity index (χ1n) is 5.37. The Morgan fingerprint density at radius 3 is 2.12 bits per heavy atom. The molecule has 1 aromatic heterocycles. The zero-order valence-corrected chi connectivity index (χ0v) is 10.2. The van der Waals surface area contributed by atoms with E-state index in [1.54, 1.807) is 0 Å². The van der Waals surface area contributed by atoms with E-state index >= 15 is 0 Å². The van der Waals surface area contributed by atoms with Crippen LogP contribution in [0.2, 0.25) is 0 Å². The molecule has 17 heavy (non-hydrogen) atoms. The van der Waals surface area contributed by atoms with E-state index in [0.717, 1.165) is 6.54 Å². The van der Waals surface area contributed by atoms with E-state index < -0.39 is 5.92 Å². The van der Waals surface area contributed by atoms with Crippen molar-refractivity contribution >= 4 is 0 Å². The summed E-state index contributed by atoms with van der Waals surface area (Å²) in [7, 11) is 2.04. The monoisotopic (exact) mass is 230 g/mol. The van der Waals surface area contributed by atoms with Crippen LogP contribution in [0.25, 0.3) is 0 Å². The van der Waals surface area contributed by atoms with Crippen LogP contribution in [0, 0.1) is 39.9 Å². The predicted molar refractivity (Wildman–Crippen MR) is 60.8 cm³/mol. The molecule has 0 saturated heterocycles. The SMILES string of the molecule is CCCCn1cc[n+](C)c1.N#CC(C#N)C#N. The number of hydrogen-bond donors (Lipinski definition) is 0. The summed E-state index contributed by atoms with van der Waals surface area (Å²) in [5.74, 6) is -1.10. The molecule has 0 radical (unpaired) electrons. The number of nitrogens with zero attached hydrogens (tertiary/aromatic N) is 5. The van der Waals surface area contributed by atoms with Gasteiger partial charge in [0.25, 0.3) is 0 Å². The fraction of sp³-hybridized carbons (Fsp3) is 0.500. The molecule has 1 rings (SSSR count). The highest BCUT2D eigenvalue weighted by Crippen LogP contribution is 1.91. The highest BCUT2D eigenvalue weighted by atomic mass is 15.1. The lowest BCUT2D eigenvalue weighted by atomic mass is 10.2. The summed E-state index contributed by atoms with van der Waals surface area (Å²) >= 11 is 0. The number of unbranched alkanes of at least 4 members (excludes halogenated alkanes) is 1. The van der Waals surface area contributed by atoms with Gasteiger partial charge in [0.2, 0.25) is 12.2 Å². The molecule has 0 aliphatic carbocycles. The van der Waals surface area contributed by atoms with Crippen molar-refractivity contribution in [3.05, 3.63) is 18.7 Å². The van der Waals surface area contributed by atoms with E-state index in [2.05, 4.69) is 34.8 Å². The van der Waals surface area contributed by atoms with Crippen molar-refractivity contribution in [3.63, 3.8) is 0 Å². The number of aromatic nitrogens is 2. The summed E-state index contributed by atoms with van der Waals surface area (Å²) in [6.45, 7) is 3.36. The van der Waals surface area contributed by atoms with E-state index in [9.17, 15) is 0 Å². The van der Waals surface area contributed by atoms with Crippen LogP contribution in [-0.2, 0) is 13.6 Å². The number of rotatable bonds is 3. The molecular weight excluding hydrogens is 214 g/mol. The van der Waals surface area contributed by atoms with Crippen molar-refractivity contribution in [2.24, 2.45) is 13.0 Å². The molecule has 5 nitrogen and oxygen atoms in total. The minimum Gasteiger partial charge on any atom is -0.240 e. The molecule has 88 valence electrons.